The van der Waals surface area contributed by atoms with Gasteiger partial charge in [0.2, 0.25) is 5.91 Å². The molecule has 0 saturated carbocycles. The standard InChI is InChI=1S/C19H15FN2O4/c1-26-19(25)13-4-2-3-5-15(13)21-18(24)11-22-9-8-17(23)14-10-12(20)6-7-16(14)22/h2-10H,11H2,1H3,(H,21,24). The lowest BCUT2D eigenvalue weighted by molar-refractivity contribution is -0.116. The molecule has 0 bridgehead atoms. The van der Waals surface area contributed by atoms with Crippen molar-refractivity contribution in [3.63, 3.8) is 0 Å². The quantitative estimate of drug-likeness (QED) is 0.731. The molecule has 132 valence electrons. The number of esters is 1. The van der Waals surface area contributed by atoms with E-state index in [2.05, 4.69) is 5.32 Å². The Kier molecular flexibility index (Phi) is 4.79. The summed E-state index contributed by atoms with van der Waals surface area (Å²) in [6.07, 6.45) is 1.47. The Bertz CT molecular complexity index is 1060. The van der Waals surface area contributed by atoms with E-state index in [0.29, 0.717) is 11.2 Å². The van der Waals surface area contributed by atoms with Crippen LogP contribution in [0, 0.1) is 5.82 Å². The predicted molar refractivity (Wildman–Crippen MR) is 94.6 cm³/mol. The number of carbonyl (C=O) groups excluding carboxylic acids is 2. The number of aromatic nitrogens is 1. The highest BCUT2D eigenvalue weighted by Crippen LogP contribution is 2.17. The average molecular weight is 354 g/mol. The van der Waals surface area contributed by atoms with Gasteiger partial charge in [-0.25, -0.2) is 9.18 Å². The number of carbonyl (C=O) groups is 2. The van der Waals surface area contributed by atoms with Gasteiger partial charge in [0.25, 0.3) is 0 Å². The number of amides is 1. The summed E-state index contributed by atoms with van der Waals surface area (Å²) in [5.41, 5.74) is 0.665. The maximum absolute atomic E-state index is 13.4. The van der Waals surface area contributed by atoms with Gasteiger partial charge in [0, 0.05) is 17.6 Å². The summed E-state index contributed by atoms with van der Waals surface area (Å²) in [5, 5.41) is 2.84. The molecule has 7 heteroatoms. The number of nitrogens with one attached hydrogen (secondary N) is 1. The van der Waals surface area contributed by atoms with E-state index in [1.165, 1.54) is 36.1 Å². The monoisotopic (exact) mass is 354 g/mol. The number of hydrogen-bond acceptors (Lipinski definition) is 4. The minimum atomic E-state index is -0.565. The molecule has 0 atom stereocenters. The summed E-state index contributed by atoms with van der Waals surface area (Å²) < 4.78 is 19.6. The molecule has 0 spiro atoms. The largest absolute Gasteiger partial charge is 0.465 e. The molecule has 1 heterocycles. The van der Waals surface area contributed by atoms with Crippen molar-refractivity contribution in [3.05, 3.63) is 76.3 Å². The van der Waals surface area contributed by atoms with E-state index in [9.17, 15) is 18.8 Å². The molecule has 0 radical (unpaired) electrons. The van der Waals surface area contributed by atoms with Gasteiger partial charge in [0.1, 0.15) is 12.4 Å². The van der Waals surface area contributed by atoms with Crippen molar-refractivity contribution in [1.29, 1.82) is 0 Å². The van der Waals surface area contributed by atoms with Crippen molar-refractivity contribution >= 4 is 28.5 Å². The highest BCUT2D eigenvalue weighted by molar-refractivity contribution is 6.01. The van der Waals surface area contributed by atoms with Crippen LogP contribution in [0.2, 0.25) is 0 Å². The Morgan fingerprint density at radius 2 is 1.92 bits per heavy atom. The van der Waals surface area contributed by atoms with Crippen LogP contribution in [0.25, 0.3) is 10.9 Å². The molecule has 1 aromatic heterocycles. The number of halogens is 1. The first-order valence-corrected chi connectivity index (χ1v) is 7.75. The van der Waals surface area contributed by atoms with Gasteiger partial charge in [0.15, 0.2) is 5.43 Å². The van der Waals surface area contributed by atoms with Gasteiger partial charge >= 0.3 is 5.97 Å². The van der Waals surface area contributed by atoms with E-state index in [4.69, 9.17) is 4.74 Å². The van der Waals surface area contributed by atoms with Crippen LogP contribution in [0.4, 0.5) is 10.1 Å². The summed E-state index contributed by atoms with van der Waals surface area (Å²) in [4.78, 5) is 36.1. The Labute approximate surface area is 147 Å². The van der Waals surface area contributed by atoms with Crippen molar-refractivity contribution in [2.45, 2.75) is 6.54 Å². The molecule has 0 unspecified atom stereocenters. The first-order chi connectivity index (χ1) is 12.5. The second-order valence-electron chi connectivity index (χ2n) is 5.55. The van der Waals surface area contributed by atoms with Gasteiger partial charge in [0.05, 0.1) is 23.9 Å². The molecule has 1 N–H and O–H groups in total. The lowest BCUT2D eigenvalue weighted by atomic mass is 10.1. The summed E-state index contributed by atoms with van der Waals surface area (Å²) in [6.45, 7) is -0.113. The number of methoxy groups -OCH3 is 1. The van der Waals surface area contributed by atoms with Crippen molar-refractivity contribution < 1.29 is 18.7 Å². The highest BCUT2D eigenvalue weighted by Gasteiger charge is 2.14. The van der Waals surface area contributed by atoms with E-state index in [-0.39, 0.29) is 22.9 Å². The van der Waals surface area contributed by atoms with Gasteiger partial charge in [-0.1, -0.05) is 12.1 Å². The van der Waals surface area contributed by atoms with Crippen molar-refractivity contribution in [2.75, 3.05) is 12.4 Å². The third-order valence-corrected chi connectivity index (χ3v) is 3.86. The van der Waals surface area contributed by atoms with Crippen LogP contribution in [-0.2, 0) is 16.1 Å². The fraction of sp³-hybridized carbons (Fsp3) is 0.105. The molecule has 2 aromatic carbocycles. The Balaban J connectivity index is 1.88. The van der Waals surface area contributed by atoms with Crippen molar-refractivity contribution in [2.24, 2.45) is 0 Å². The molecule has 3 rings (SSSR count). The topological polar surface area (TPSA) is 77.4 Å². The van der Waals surface area contributed by atoms with Crippen LogP contribution in [0.3, 0.4) is 0 Å². The van der Waals surface area contributed by atoms with Gasteiger partial charge < -0.3 is 14.6 Å². The number of para-hydroxylation sites is 1. The minimum absolute atomic E-state index is 0.113. The lowest BCUT2D eigenvalue weighted by Crippen LogP contribution is -2.21. The summed E-state index contributed by atoms with van der Waals surface area (Å²) >= 11 is 0. The normalized spacial score (nSPS) is 10.5. The third-order valence-electron chi connectivity index (χ3n) is 3.86. The van der Waals surface area contributed by atoms with Gasteiger partial charge in [-0.05, 0) is 30.3 Å². The summed E-state index contributed by atoms with van der Waals surface area (Å²) in [5.74, 6) is -1.50. The number of hydrogen-bond donors (Lipinski definition) is 1. The van der Waals surface area contributed by atoms with Crippen LogP contribution < -0.4 is 10.7 Å². The molecule has 6 nitrogen and oxygen atoms in total. The predicted octanol–water partition coefficient (Wildman–Crippen LogP) is 2.57. The number of fused-ring (bicyclic) bond motifs is 1. The van der Waals surface area contributed by atoms with Crippen LogP contribution >= 0.6 is 0 Å². The van der Waals surface area contributed by atoms with E-state index in [1.54, 1.807) is 24.3 Å². The highest BCUT2D eigenvalue weighted by atomic mass is 19.1. The Hall–Kier alpha value is -3.48. The maximum Gasteiger partial charge on any atom is 0.339 e. The van der Waals surface area contributed by atoms with Crippen LogP contribution in [0.1, 0.15) is 10.4 Å². The van der Waals surface area contributed by atoms with E-state index in [0.717, 1.165) is 6.07 Å². The number of rotatable bonds is 4. The number of anilines is 1. The van der Waals surface area contributed by atoms with Gasteiger partial charge in [-0.2, -0.15) is 0 Å². The molecule has 0 fully saturated rings. The first kappa shape index (κ1) is 17.3. The molecule has 26 heavy (non-hydrogen) atoms. The Morgan fingerprint density at radius 3 is 2.69 bits per heavy atom. The first-order valence-electron chi connectivity index (χ1n) is 7.75. The molecule has 0 aliphatic carbocycles. The second kappa shape index (κ2) is 7.18. The van der Waals surface area contributed by atoms with Crippen molar-refractivity contribution in [3.8, 4) is 0 Å². The SMILES string of the molecule is COC(=O)c1ccccc1NC(=O)Cn1ccc(=O)c2cc(F)ccc21. The number of nitrogens with zero attached hydrogens (tertiary/aromatic N) is 1. The van der Waals surface area contributed by atoms with Crippen LogP contribution in [0.5, 0.6) is 0 Å². The second-order valence-corrected chi connectivity index (χ2v) is 5.55. The maximum atomic E-state index is 13.4. The Morgan fingerprint density at radius 1 is 1.15 bits per heavy atom. The van der Waals surface area contributed by atoms with E-state index < -0.39 is 17.7 Å². The zero-order valence-electron chi connectivity index (χ0n) is 13.9. The number of ether oxygens (including phenoxy) is 1. The molecule has 0 saturated heterocycles. The minimum Gasteiger partial charge on any atom is -0.465 e. The zero-order chi connectivity index (χ0) is 18.7. The number of pyridine rings is 1. The third kappa shape index (κ3) is 3.46. The zero-order valence-corrected chi connectivity index (χ0v) is 13.9. The fourth-order valence-electron chi connectivity index (χ4n) is 2.65. The molecule has 1 amide bonds. The average Bonchev–Trinajstić information content (AvgIpc) is 2.64. The fourth-order valence-corrected chi connectivity index (χ4v) is 2.65. The molecule has 0 aliphatic rings. The summed E-state index contributed by atoms with van der Waals surface area (Å²) in [7, 11) is 1.26. The van der Waals surface area contributed by atoms with Crippen molar-refractivity contribution in [1.82, 2.24) is 4.57 Å². The molecule has 0 aliphatic heterocycles. The van der Waals surface area contributed by atoms with E-state index >= 15 is 0 Å². The van der Waals surface area contributed by atoms with Crippen LogP contribution in [0.15, 0.2) is 59.5 Å². The molecular weight excluding hydrogens is 339 g/mol. The number of benzene rings is 2. The van der Waals surface area contributed by atoms with E-state index in [1.807, 2.05) is 0 Å². The summed E-state index contributed by atoms with van der Waals surface area (Å²) in [6, 6.07) is 11.5. The van der Waals surface area contributed by atoms with Gasteiger partial charge in [-0.15, -0.1) is 0 Å². The molecular formula is C19H15FN2O4. The molecule has 3 aromatic rings. The van der Waals surface area contributed by atoms with Crippen LogP contribution in [-0.4, -0.2) is 23.6 Å². The smallest absolute Gasteiger partial charge is 0.339 e. The van der Waals surface area contributed by atoms with Gasteiger partial charge in [-0.3, -0.25) is 9.59 Å². The lowest BCUT2D eigenvalue weighted by Gasteiger charge is -2.13.